The van der Waals surface area contributed by atoms with Crippen molar-refractivity contribution in [2.45, 2.75) is 43.9 Å². The first-order chi connectivity index (χ1) is 16.1. The van der Waals surface area contributed by atoms with E-state index < -0.39 is 34.6 Å². The molecule has 11 nitrogen and oxygen atoms in total. The van der Waals surface area contributed by atoms with Crippen LogP contribution < -0.4 is 14.8 Å². The zero-order chi connectivity index (χ0) is 24.9. The lowest BCUT2D eigenvalue weighted by atomic mass is 10.2. The molecule has 0 aliphatic carbocycles. The van der Waals surface area contributed by atoms with Gasteiger partial charge in [0, 0.05) is 18.7 Å². The second-order valence-corrected chi connectivity index (χ2v) is 9.30. The lowest BCUT2D eigenvalue weighted by Gasteiger charge is -2.20. The van der Waals surface area contributed by atoms with Crippen LogP contribution in [0.1, 0.15) is 20.3 Å². The van der Waals surface area contributed by atoms with Gasteiger partial charge in [0.15, 0.2) is 0 Å². The summed E-state index contributed by atoms with van der Waals surface area (Å²) in [5.74, 6) is -1.77. The number of aliphatic carboxylic acids is 1. The third kappa shape index (κ3) is 6.17. The number of sulfonamides is 1. The van der Waals surface area contributed by atoms with Crippen molar-refractivity contribution < 1.29 is 32.6 Å². The molecule has 1 unspecified atom stereocenters. The molecule has 0 saturated heterocycles. The van der Waals surface area contributed by atoms with Crippen LogP contribution in [0.5, 0.6) is 5.75 Å². The van der Waals surface area contributed by atoms with Crippen LogP contribution in [0.25, 0.3) is 11.0 Å². The van der Waals surface area contributed by atoms with Gasteiger partial charge in [-0.15, -0.1) is 0 Å². The average molecular weight is 489 g/mol. The number of para-hydroxylation sites is 2. The summed E-state index contributed by atoms with van der Waals surface area (Å²) in [5, 5.41) is 11.5. The van der Waals surface area contributed by atoms with Crippen molar-refractivity contribution in [2.24, 2.45) is 0 Å². The van der Waals surface area contributed by atoms with Crippen molar-refractivity contribution in [2.75, 3.05) is 5.32 Å². The molecule has 2 atom stereocenters. The number of carbonyl (C=O) groups excluding carboxylic acids is 2. The number of fused-ring (bicyclic) bond motifs is 1. The number of aldehydes is 1. The second-order valence-electron chi connectivity index (χ2n) is 7.62. The maximum absolute atomic E-state index is 13.0. The fraction of sp³-hybridized carbons (Fsp3) is 0.273. The number of amides is 1. The van der Waals surface area contributed by atoms with Gasteiger partial charge in [-0.2, -0.15) is 0 Å². The maximum atomic E-state index is 13.0. The molecule has 0 saturated carbocycles. The molecule has 2 aromatic carbocycles. The minimum Gasteiger partial charge on any atom is -0.487 e. The highest BCUT2D eigenvalue weighted by Gasteiger charge is 2.26. The molecule has 0 aliphatic rings. The molecular weight excluding hydrogens is 464 g/mol. The number of nitrogens with one attached hydrogen (secondary N) is 2. The number of hydrogen-bond donors (Lipinski definition) is 3. The molecule has 34 heavy (non-hydrogen) atoms. The highest BCUT2D eigenvalue weighted by Crippen LogP contribution is 2.29. The summed E-state index contributed by atoms with van der Waals surface area (Å²) in [6.45, 7) is 3.39. The molecule has 180 valence electrons. The largest absolute Gasteiger partial charge is 0.487 e. The van der Waals surface area contributed by atoms with E-state index in [1.54, 1.807) is 13.3 Å². The Morgan fingerprint density at radius 3 is 2.65 bits per heavy atom. The standard InChI is InChI=1S/C22H24N4O7S/c1-14(11-26-13-23-18-5-3-4-6-19(18)26)33-20-9-16(24-15(2)28)7-8-21(20)34(31,32)25-17(12-27)10-22(29)30/h3-9,12-14,17,25H,10-11H2,1-2H3,(H,24,28)(H,29,30)/t14-,17?/m1/s1. The molecule has 0 aliphatic heterocycles. The Morgan fingerprint density at radius 2 is 1.97 bits per heavy atom. The Morgan fingerprint density at radius 1 is 1.24 bits per heavy atom. The minimum atomic E-state index is -4.34. The fourth-order valence-corrected chi connectivity index (χ4v) is 4.64. The summed E-state index contributed by atoms with van der Waals surface area (Å²) in [5.41, 5.74) is 1.98. The van der Waals surface area contributed by atoms with Crippen LogP contribution in [0, 0.1) is 0 Å². The van der Waals surface area contributed by atoms with Gasteiger partial charge in [0.2, 0.25) is 15.9 Å². The number of carboxylic acids is 1. The normalized spacial score (nSPS) is 13.2. The summed E-state index contributed by atoms with van der Waals surface area (Å²) in [7, 11) is -4.34. The van der Waals surface area contributed by atoms with E-state index in [1.807, 2.05) is 28.8 Å². The second kappa shape index (κ2) is 10.4. The highest BCUT2D eigenvalue weighted by molar-refractivity contribution is 7.89. The highest BCUT2D eigenvalue weighted by atomic mass is 32.2. The van der Waals surface area contributed by atoms with E-state index in [-0.39, 0.29) is 22.8 Å². The number of ether oxygens (including phenoxy) is 1. The van der Waals surface area contributed by atoms with Crippen LogP contribution in [0.15, 0.2) is 53.7 Å². The van der Waals surface area contributed by atoms with Crippen LogP contribution in [-0.4, -0.2) is 53.4 Å². The van der Waals surface area contributed by atoms with E-state index in [9.17, 15) is 22.8 Å². The van der Waals surface area contributed by atoms with Crippen LogP contribution >= 0.6 is 0 Å². The maximum Gasteiger partial charge on any atom is 0.305 e. The van der Waals surface area contributed by atoms with Crippen LogP contribution in [0.3, 0.4) is 0 Å². The van der Waals surface area contributed by atoms with Gasteiger partial charge in [-0.3, -0.25) is 9.59 Å². The topological polar surface area (TPSA) is 157 Å². The van der Waals surface area contributed by atoms with Crippen LogP contribution in [0.2, 0.25) is 0 Å². The Hall–Kier alpha value is -3.77. The van der Waals surface area contributed by atoms with Gasteiger partial charge < -0.3 is 24.5 Å². The van der Waals surface area contributed by atoms with Crippen LogP contribution in [0.4, 0.5) is 5.69 Å². The van der Waals surface area contributed by atoms with Crippen molar-refractivity contribution in [3.63, 3.8) is 0 Å². The van der Waals surface area contributed by atoms with Gasteiger partial charge >= 0.3 is 5.97 Å². The van der Waals surface area contributed by atoms with Crippen molar-refractivity contribution in [1.82, 2.24) is 14.3 Å². The third-order valence-electron chi connectivity index (χ3n) is 4.73. The number of anilines is 1. The molecule has 1 amide bonds. The van der Waals surface area contributed by atoms with Crippen molar-refractivity contribution in [3.05, 3.63) is 48.8 Å². The molecular formula is C22H24N4O7S. The van der Waals surface area contributed by atoms with Crippen molar-refractivity contribution >= 4 is 44.9 Å². The number of benzene rings is 2. The first kappa shape index (κ1) is 24.9. The van der Waals surface area contributed by atoms with E-state index in [0.717, 1.165) is 11.0 Å². The SMILES string of the molecule is CC(=O)Nc1ccc(S(=O)(=O)NC(C=O)CC(=O)O)c(O[C@H](C)Cn2cnc3ccccc32)c1. The lowest BCUT2D eigenvalue weighted by Crippen LogP contribution is -2.37. The number of nitrogens with zero attached hydrogens (tertiary/aromatic N) is 2. The molecule has 1 aromatic heterocycles. The third-order valence-corrected chi connectivity index (χ3v) is 6.26. The van der Waals surface area contributed by atoms with Gasteiger partial charge in [-0.25, -0.2) is 18.1 Å². The van der Waals surface area contributed by atoms with E-state index >= 15 is 0 Å². The Kier molecular flexibility index (Phi) is 7.64. The van der Waals surface area contributed by atoms with E-state index in [1.165, 1.54) is 25.1 Å². The summed E-state index contributed by atoms with van der Waals surface area (Å²) in [6, 6.07) is 9.98. The number of imidazole rings is 1. The first-order valence-electron chi connectivity index (χ1n) is 10.3. The number of rotatable bonds is 11. The van der Waals surface area contributed by atoms with Crippen molar-refractivity contribution in [1.29, 1.82) is 0 Å². The average Bonchev–Trinajstić information content (AvgIpc) is 3.15. The fourth-order valence-electron chi connectivity index (χ4n) is 3.36. The van der Waals surface area contributed by atoms with Gasteiger partial charge in [0.05, 0.1) is 36.4 Å². The summed E-state index contributed by atoms with van der Waals surface area (Å²) < 4.78 is 35.8. The quantitative estimate of drug-likeness (QED) is 0.345. The Balaban J connectivity index is 1.90. The van der Waals surface area contributed by atoms with Crippen LogP contribution in [-0.2, 0) is 31.0 Å². The zero-order valence-electron chi connectivity index (χ0n) is 18.5. The smallest absolute Gasteiger partial charge is 0.305 e. The van der Waals surface area contributed by atoms with Gasteiger partial charge in [-0.1, -0.05) is 12.1 Å². The van der Waals surface area contributed by atoms with Crippen molar-refractivity contribution in [3.8, 4) is 5.75 Å². The molecule has 3 rings (SSSR count). The van der Waals surface area contributed by atoms with Gasteiger partial charge in [0.1, 0.15) is 23.0 Å². The molecule has 3 aromatic rings. The Bertz CT molecular complexity index is 1320. The summed E-state index contributed by atoms with van der Waals surface area (Å²) in [4.78, 5) is 37.6. The van der Waals surface area contributed by atoms with E-state index in [0.29, 0.717) is 12.2 Å². The monoisotopic (exact) mass is 488 g/mol. The molecule has 0 fully saturated rings. The van der Waals surface area contributed by atoms with E-state index in [2.05, 4.69) is 15.0 Å². The molecule has 3 N–H and O–H groups in total. The van der Waals surface area contributed by atoms with Gasteiger partial charge in [-0.05, 0) is 31.2 Å². The number of carboxylic acid groups (broad SMARTS) is 1. The number of hydrogen-bond acceptors (Lipinski definition) is 7. The zero-order valence-corrected chi connectivity index (χ0v) is 19.3. The number of carbonyl (C=O) groups is 3. The molecule has 0 radical (unpaired) electrons. The summed E-state index contributed by atoms with van der Waals surface area (Å²) >= 11 is 0. The molecule has 0 bridgehead atoms. The van der Waals surface area contributed by atoms with E-state index in [4.69, 9.17) is 9.84 Å². The molecule has 0 spiro atoms. The predicted octanol–water partition coefficient (Wildman–Crippen LogP) is 1.78. The predicted molar refractivity (Wildman–Crippen MR) is 123 cm³/mol. The molecule has 12 heteroatoms. The number of aromatic nitrogens is 2. The lowest BCUT2D eigenvalue weighted by molar-refractivity contribution is -0.138. The molecule has 1 heterocycles. The summed E-state index contributed by atoms with van der Waals surface area (Å²) in [6.07, 6.45) is 0.621. The first-order valence-corrected chi connectivity index (χ1v) is 11.7. The Labute approximate surface area is 195 Å². The minimum absolute atomic E-state index is 0.0735. The van der Waals surface area contributed by atoms with Gasteiger partial charge in [0.25, 0.3) is 0 Å².